The Hall–Kier alpha value is -1.06. The summed E-state index contributed by atoms with van der Waals surface area (Å²) in [6, 6.07) is 0.00264. The molecule has 0 aromatic heterocycles. The lowest BCUT2D eigenvalue weighted by Gasteiger charge is -2.41. The largest absolute Gasteiger partial charge is 0.343 e. The molecule has 1 N–H and O–H groups in total. The molecule has 0 bridgehead atoms. The lowest BCUT2D eigenvalue weighted by Crippen LogP contribution is -2.60. The van der Waals surface area contributed by atoms with Crippen LogP contribution in [-0.4, -0.2) is 35.3 Å². The van der Waals surface area contributed by atoms with Gasteiger partial charge in [0.2, 0.25) is 11.8 Å². The van der Waals surface area contributed by atoms with Gasteiger partial charge >= 0.3 is 0 Å². The zero-order valence-electron chi connectivity index (χ0n) is 7.75. The molecule has 1 aliphatic heterocycles. The van der Waals surface area contributed by atoms with Crippen molar-refractivity contribution >= 4 is 11.8 Å². The van der Waals surface area contributed by atoms with E-state index in [0.29, 0.717) is 6.04 Å². The Kier molecular flexibility index (Phi) is 1.98. The quantitative estimate of drug-likeness (QED) is 0.615. The van der Waals surface area contributed by atoms with Crippen molar-refractivity contribution in [2.24, 2.45) is 0 Å². The fourth-order valence-corrected chi connectivity index (χ4v) is 1.84. The predicted molar refractivity (Wildman–Crippen MR) is 47.0 cm³/mol. The molecule has 2 amide bonds. The molecule has 1 saturated carbocycles. The minimum absolute atomic E-state index is 0.0287. The lowest BCUT2D eigenvalue weighted by atomic mass is 9.90. The predicted octanol–water partition coefficient (Wildman–Crippen LogP) is -0.114. The molecule has 1 unspecified atom stereocenters. The molecule has 0 aromatic rings. The number of hydrogen-bond donors (Lipinski definition) is 1. The standard InChI is InChI=1S/C9H14N2O2/c1-6-9(13)11(5-8(12)10-6)7-3-2-4-7/h6-7H,2-5H2,1H3,(H,10,12). The van der Waals surface area contributed by atoms with Crippen LogP contribution in [0.2, 0.25) is 0 Å². The van der Waals surface area contributed by atoms with Crippen molar-refractivity contribution in [3.63, 3.8) is 0 Å². The molecule has 72 valence electrons. The lowest BCUT2D eigenvalue weighted by molar-refractivity contribution is -0.147. The molecule has 0 spiro atoms. The summed E-state index contributed by atoms with van der Waals surface area (Å²) < 4.78 is 0. The molecule has 2 aliphatic rings. The van der Waals surface area contributed by atoms with Crippen molar-refractivity contribution in [1.29, 1.82) is 0 Å². The van der Waals surface area contributed by atoms with E-state index in [2.05, 4.69) is 5.32 Å². The van der Waals surface area contributed by atoms with Gasteiger partial charge in [0.25, 0.3) is 0 Å². The maximum absolute atomic E-state index is 11.6. The zero-order chi connectivity index (χ0) is 9.42. The highest BCUT2D eigenvalue weighted by atomic mass is 16.2. The van der Waals surface area contributed by atoms with Crippen molar-refractivity contribution in [1.82, 2.24) is 10.2 Å². The molecule has 13 heavy (non-hydrogen) atoms. The molecular formula is C9H14N2O2. The second kappa shape index (κ2) is 3.01. The van der Waals surface area contributed by atoms with Crippen molar-refractivity contribution in [3.8, 4) is 0 Å². The van der Waals surface area contributed by atoms with Gasteiger partial charge in [-0.3, -0.25) is 9.59 Å². The molecule has 4 heteroatoms. The highest BCUT2D eigenvalue weighted by molar-refractivity contribution is 5.94. The van der Waals surface area contributed by atoms with Gasteiger partial charge in [-0.25, -0.2) is 0 Å². The van der Waals surface area contributed by atoms with Crippen molar-refractivity contribution in [3.05, 3.63) is 0 Å². The molecule has 1 atom stereocenters. The minimum atomic E-state index is -0.332. The number of hydrogen-bond acceptors (Lipinski definition) is 2. The summed E-state index contributed by atoms with van der Waals surface area (Å²) in [7, 11) is 0. The maximum Gasteiger partial charge on any atom is 0.245 e. The first-order valence-electron chi connectivity index (χ1n) is 4.78. The molecule has 2 fully saturated rings. The second-order valence-electron chi connectivity index (χ2n) is 3.84. The molecule has 4 nitrogen and oxygen atoms in total. The molecule has 0 aromatic carbocycles. The van der Waals surface area contributed by atoms with Crippen molar-refractivity contribution < 1.29 is 9.59 Å². The molecule has 1 heterocycles. The van der Waals surface area contributed by atoms with E-state index in [1.54, 1.807) is 11.8 Å². The SMILES string of the molecule is CC1NC(=O)CN(C2CCC2)C1=O. The Morgan fingerprint density at radius 3 is 2.62 bits per heavy atom. The van der Waals surface area contributed by atoms with Crippen LogP contribution >= 0.6 is 0 Å². The minimum Gasteiger partial charge on any atom is -0.343 e. The van der Waals surface area contributed by atoms with E-state index < -0.39 is 0 Å². The van der Waals surface area contributed by atoms with Crippen LogP contribution in [0.15, 0.2) is 0 Å². The van der Waals surface area contributed by atoms with Crippen LogP contribution in [-0.2, 0) is 9.59 Å². The third-order valence-electron chi connectivity index (χ3n) is 2.86. The number of carbonyl (C=O) groups is 2. The van der Waals surface area contributed by atoms with Crippen molar-refractivity contribution in [2.45, 2.75) is 38.3 Å². The van der Waals surface area contributed by atoms with E-state index in [4.69, 9.17) is 0 Å². The van der Waals surface area contributed by atoms with Gasteiger partial charge in [0.05, 0.1) is 6.54 Å². The number of amides is 2. The first-order chi connectivity index (χ1) is 6.18. The summed E-state index contributed by atoms with van der Waals surface area (Å²) in [5.41, 5.74) is 0. The van der Waals surface area contributed by atoms with Gasteiger partial charge in [-0.05, 0) is 26.2 Å². The van der Waals surface area contributed by atoms with Gasteiger partial charge in [-0.1, -0.05) is 0 Å². The summed E-state index contributed by atoms with van der Waals surface area (Å²) in [5, 5.41) is 2.63. The Labute approximate surface area is 77.3 Å². The van der Waals surface area contributed by atoms with Crippen LogP contribution in [0, 0.1) is 0 Å². The topological polar surface area (TPSA) is 49.4 Å². The van der Waals surface area contributed by atoms with E-state index in [9.17, 15) is 9.59 Å². The first kappa shape index (κ1) is 8.53. The van der Waals surface area contributed by atoms with E-state index >= 15 is 0 Å². The Balaban J connectivity index is 2.07. The van der Waals surface area contributed by atoms with Gasteiger partial charge in [0.1, 0.15) is 6.04 Å². The molecule has 1 aliphatic carbocycles. The van der Waals surface area contributed by atoms with E-state index in [-0.39, 0.29) is 24.4 Å². The maximum atomic E-state index is 11.6. The highest BCUT2D eigenvalue weighted by Crippen LogP contribution is 2.25. The second-order valence-corrected chi connectivity index (χ2v) is 3.84. The van der Waals surface area contributed by atoms with Crippen LogP contribution < -0.4 is 5.32 Å². The number of piperazine rings is 1. The average molecular weight is 182 g/mol. The third kappa shape index (κ3) is 1.41. The number of carbonyl (C=O) groups excluding carboxylic acids is 2. The summed E-state index contributed by atoms with van der Waals surface area (Å²) in [6.07, 6.45) is 3.31. The van der Waals surface area contributed by atoms with E-state index in [1.807, 2.05) is 0 Å². The van der Waals surface area contributed by atoms with Crippen LogP contribution in [0.4, 0.5) is 0 Å². The molecule has 1 saturated heterocycles. The van der Waals surface area contributed by atoms with Gasteiger partial charge < -0.3 is 10.2 Å². The van der Waals surface area contributed by atoms with Crippen molar-refractivity contribution in [2.75, 3.05) is 6.54 Å². The Morgan fingerprint density at radius 2 is 2.08 bits per heavy atom. The molecule has 0 radical (unpaired) electrons. The van der Waals surface area contributed by atoms with E-state index in [0.717, 1.165) is 12.8 Å². The van der Waals surface area contributed by atoms with Gasteiger partial charge in [0.15, 0.2) is 0 Å². The van der Waals surface area contributed by atoms with Crippen LogP contribution in [0.3, 0.4) is 0 Å². The summed E-state index contributed by atoms with van der Waals surface area (Å²) in [6.45, 7) is 2.00. The molecular weight excluding hydrogens is 168 g/mol. The Morgan fingerprint density at radius 1 is 1.38 bits per heavy atom. The fourth-order valence-electron chi connectivity index (χ4n) is 1.84. The monoisotopic (exact) mass is 182 g/mol. The van der Waals surface area contributed by atoms with E-state index in [1.165, 1.54) is 6.42 Å². The zero-order valence-corrected chi connectivity index (χ0v) is 7.75. The Bertz CT molecular complexity index is 248. The van der Waals surface area contributed by atoms with Crippen LogP contribution in [0.25, 0.3) is 0 Å². The number of nitrogens with one attached hydrogen (secondary N) is 1. The fraction of sp³-hybridized carbons (Fsp3) is 0.778. The summed E-state index contributed by atoms with van der Waals surface area (Å²) in [4.78, 5) is 24.5. The third-order valence-corrected chi connectivity index (χ3v) is 2.86. The number of rotatable bonds is 1. The smallest absolute Gasteiger partial charge is 0.245 e. The normalized spacial score (nSPS) is 29.9. The molecule has 2 rings (SSSR count). The highest BCUT2D eigenvalue weighted by Gasteiger charge is 2.36. The summed E-state index contributed by atoms with van der Waals surface area (Å²) >= 11 is 0. The first-order valence-corrected chi connectivity index (χ1v) is 4.78. The van der Waals surface area contributed by atoms with Crippen LogP contribution in [0.1, 0.15) is 26.2 Å². The van der Waals surface area contributed by atoms with Gasteiger partial charge in [0, 0.05) is 6.04 Å². The van der Waals surface area contributed by atoms with Gasteiger partial charge in [-0.15, -0.1) is 0 Å². The average Bonchev–Trinajstić information content (AvgIpc) is 1.95. The van der Waals surface area contributed by atoms with Crippen LogP contribution in [0.5, 0.6) is 0 Å². The number of nitrogens with zero attached hydrogens (tertiary/aromatic N) is 1. The summed E-state index contributed by atoms with van der Waals surface area (Å²) in [5.74, 6) is 0.0447. The van der Waals surface area contributed by atoms with Gasteiger partial charge in [-0.2, -0.15) is 0 Å².